The number of carbonyl (C=O) groups excluding carboxylic acids is 1. The van der Waals surface area contributed by atoms with Crippen molar-refractivity contribution in [2.75, 3.05) is 7.11 Å². The summed E-state index contributed by atoms with van der Waals surface area (Å²) in [6.07, 6.45) is 3.68. The summed E-state index contributed by atoms with van der Waals surface area (Å²) in [5.41, 5.74) is 2.66. The number of methoxy groups -OCH3 is 1. The molecule has 0 amide bonds. The van der Waals surface area contributed by atoms with Crippen LogP contribution in [0.15, 0.2) is 42.7 Å². The van der Waals surface area contributed by atoms with Gasteiger partial charge in [0.05, 0.1) is 13.5 Å². The van der Waals surface area contributed by atoms with Crippen LogP contribution in [0.1, 0.15) is 5.56 Å². The SMILES string of the molecule is COC(=O)Cc1ccc(Cl)c(-c2cccnc2)c1. The zero-order valence-electron chi connectivity index (χ0n) is 9.89. The van der Waals surface area contributed by atoms with Crippen LogP contribution >= 0.6 is 11.6 Å². The van der Waals surface area contributed by atoms with Crippen molar-refractivity contribution in [2.45, 2.75) is 6.42 Å². The number of halogens is 1. The summed E-state index contributed by atoms with van der Waals surface area (Å²) in [5, 5.41) is 0.636. The van der Waals surface area contributed by atoms with Crippen LogP contribution in [0.25, 0.3) is 11.1 Å². The van der Waals surface area contributed by atoms with Gasteiger partial charge in [0.15, 0.2) is 0 Å². The highest BCUT2D eigenvalue weighted by atomic mass is 35.5. The van der Waals surface area contributed by atoms with Crippen molar-refractivity contribution in [1.29, 1.82) is 0 Å². The number of carbonyl (C=O) groups is 1. The molecule has 1 aromatic heterocycles. The molecule has 1 heterocycles. The molecule has 18 heavy (non-hydrogen) atoms. The topological polar surface area (TPSA) is 39.2 Å². The first kappa shape index (κ1) is 12.6. The molecular formula is C14H12ClNO2. The molecule has 2 rings (SSSR count). The van der Waals surface area contributed by atoms with Crippen LogP contribution in [0.5, 0.6) is 0 Å². The number of benzene rings is 1. The maximum absolute atomic E-state index is 11.2. The molecule has 0 bridgehead atoms. The number of esters is 1. The zero-order chi connectivity index (χ0) is 13.0. The zero-order valence-corrected chi connectivity index (χ0v) is 10.6. The third-order valence-electron chi connectivity index (χ3n) is 2.58. The lowest BCUT2D eigenvalue weighted by Gasteiger charge is -2.07. The second-order valence-corrected chi connectivity index (χ2v) is 4.22. The Labute approximate surface area is 110 Å². The molecule has 0 spiro atoms. The Bertz CT molecular complexity index is 555. The largest absolute Gasteiger partial charge is 0.469 e. The van der Waals surface area contributed by atoms with E-state index in [2.05, 4.69) is 9.72 Å². The minimum absolute atomic E-state index is 0.237. The summed E-state index contributed by atoms with van der Waals surface area (Å²) in [4.78, 5) is 15.3. The smallest absolute Gasteiger partial charge is 0.309 e. The first-order valence-corrected chi connectivity index (χ1v) is 5.84. The molecule has 0 saturated carbocycles. The van der Waals surface area contributed by atoms with Gasteiger partial charge in [0.25, 0.3) is 0 Å². The highest BCUT2D eigenvalue weighted by molar-refractivity contribution is 6.33. The summed E-state index contributed by atoms with van der Waals surface area (Å²) in [5.74, 6) is -0.269. The lowest BCUT2D eigenvalue weighted by Crippen LogP contribution is -2.04. The van der Waals surface area contributed by atoms with Crippen molar-refractivity contribution in [3.63, 3.8) is 0 Å². The van der Waals surface area contributed by atoms with Crippen LogP contribution in [-0.2, 0) is 16.0 Å². The van der Waals surface area contributed by atoms with Crippen molar-refractivity contribution < 1.29 is 9.53 Å². The summed E-state index contributed by atoms with van der Waals surface area (Å²) in [7, 11) is 1.38. The molecular weight excluding hydrogens is 250 g/mol. The van der Waals surface area contributed by atoms with Gasteiger partial charge >= 0.3 is 5.97 Å². The van der Waals surface area contributed by atoms with Gasteiger partial charge in [-0.3, -0.25) is 9.78 Å². The summed E-state index contributed by atoms with van der Waals surface area (Å²) < 4.78 is 4.65. The highest BCUT2D eigenvalue weighted by Gasteiger charge is 2.08. The van der Waals surface area contributed by atoms with E-state index in [-0.39, 0.29) is 12.4 Å². The van der Waals surface area contributed by atoms with Crippen LogP contribution in [0.2, 0.25) is 5.02 Å². The van der Waals surface area contributed by atoms with Gasteiger partial charge in [-0.25, -0.2) is 0 Å². The summed E-state index contributed by atoms with van der Waals surface area (Å²) in [6.45, 7) is 0. The van der Waals surface area contributed by atoms with E-state index in [1.807, 2.05) is 24.3 Å². The number of ether oxygens (including phenoxy) is 1. The van der Waals surface area contributed by atoms with Gasteiger partial charge in [-0.05, 0) is 23.8 Å². The number of pyridine rings is 1. The second-order valence-electron chi connectivity index (χ2n) is 3.81. The van der Waals surface area contributed by atoms with E-state index in [1.165, 1.54) is 7.11 Å². The Morgan fingerprint density at radius 3 is 2.89 bits per heavy atom. The van der Waals surface area contributed by atoms with Crippen molar-refractivity contribution in [1.82, 2.24) is 4.98 Å². The van der Waals surface area contributed by atoms with Gasteiger partial charge in [0.1, 0.15) is 0 Å². The third-order valence-corrected chi connectivity index (χ3v) is 2.91. The predicted molar refractivity (Wildman–Crippen MR) is 70.4 cm³/mol. The van der Waals surface area contributed by atoms with Crippen LogP contribution in [0, 0.1) is 0 Å². The molecule has 0 atom stereocenters. The van der Waals surface area contributed by atoms with E-state index in [1.54, 1.807) is 18.5 Å². The van der Waals surface area contributed by atoms with Gasteiger partial charge in [0, 0.05) is 28.5 Å². The summed E-state index contributed by atoms with van der Waals surface area (Å²) in [6, 6.07) is 9.26. The maximum atomic E-state index is 11.2. The lowest BCUT2D eigenvalue weighted by atomic mass is 10.0. The fourth-order valence-corrected chi connectivity index (χ4v) is 1.89. The molecule has 0 radical (unpaired) electrons. The molecule has 0 aliphatic heterocycles. The van der Waals surface area contributed by atoms with Gasteiger partial charge in [-0.2, -0.15) is 0 Å². The average Bonchev–Trinajstić information content (AvgIpc) is 2.42. The number of nitrogens with zero attached hydrogens (tertiary/aromatic N) is 1. The van der Waals surface area contributed by atoms with Crippen LogP contribution in [-0.4, -0.2) is 18.1 Å². The molecule has 1 aromatic carbocycles. The van der Waals surface area contributed by atoms with Gasteiger partial charge < -0.3 is 4.74 Å². The maximum Gasteiger partial charge on any atom is 0.309 e. The molecule has 2 aromatic rings. The fraction of sp³-hybridized carbons (Fsp3) is 0.143. The Morgan fingerprint density at radius 1 is 1.39 bits per heavy atom. The average molecular weight is 262 g/mol. The normalized spacial score (nSPS) is 10.1. The van der Waals surface area contributed by atoms with E-state index >= 15 is 0 Å². The van der Waals surface area contributed by atoms with Crippen molar-refractivity contribution >= 4 is 17.6 Å². The third kappa shape index (κ3) is 2.87. The molecule has 0 aliphatic rings. The van der Waals surface area contributed by atoms with Crippen molar-refractivity contribution in [3.05, 3.63) is 53.3 Å². The van der Waals surface area contributed by atoms with Crippen molar-refractivity contribution in [3.8, 4) is 11.1 Å². The molecule has 92 valence electrons. The first-order valence-electron chi connectivity index (χ1n) is 5.46. The summed E-state index contributed by atoms with van der Waals surface area (Å²) >= 11 is 6.16. The molecule has 0 saturated heterocycles. The molecule has 0 fully saturated rings. The Balaban J connectivity index is 2.36. The molecule has 0 N–H and O–H groups in total. The van der Waals surface area contributed by atoms with Crippen molar-refractivity contribution in [2.24, 2.45) is 0 Å². The molecule has 4 heteroatoms. The molecule has 0 aliphatic carbocycles. The Hall–Kier alpha value is -1.87. The van der Waals surface area contributed by atoms with Gasteiger partial charge in [-0.1, -0.05) is 23.7 Å². The van der Waals surface area contributed by atoms with E-state index in [9.17, 15) is 4.79 Å². The van der Waals surface area contributed by atoms with Crippen LogP contribution in [0.4, 0.5) is 0 Å². The minimum atomic E-state index is -0.269. The van der Waals surface area contributed by atoms with Crippen LogP contribution in [0.3, 0.4) is 0 Å². The Kier molecular flexibility index (Phi) is 3.95. The number of hydrogen-bond donors (Lipinski definition) is 0. The quantitative estimate of drug-likeness (QED) is 0.797. The lowest BCUT2D eigenvalue weighted by molar-refractivity contribution is -0.139. The minimum Gasteiger partial charge on any atom is -0.469 e. The standard InChI is InChI=1S/C14H12ClNO2/c1-18-14(17)8-10-4-5-13(15)12(7-10)11-3-2-6-16-9-11/h2-7,9H,8H2,1H3. The number of hydrogen-bond acceptors (Lipinski definition) is 3. The highest BCUT2D eigenvalue weighted by Crippen LogP contribution is 2.28. The van der Waals surface area contributed by atoms with Gasteiger partial charge in [-0.15, -0.1) is 0 Å². The van der Waals surface area contributed by atoms with E-state index in [0.717, 1.165) is 16.7 Å². The monoisotopic (exact) mass is 261 g/mol. The number of aromatic nitrogens is 1. The molecule has 3 nitrogen and oxygen atoms in total. The van der Waals surface area contributed by atoms with E-state index in [0.29, 0.717) is 5.02 Å². The van der Waals surface area contributed by atoms with E-state index in [4.69, 9.17) is 11.6 Å². The second kappa shape index (κ2) is 5.65. The van der Waals surface area contributed by atoms with Crippen LogP contribution < -0.4 is 0 Å². The Morgan fingerprint density at radius 2 is 2.22 bits per heavy atom. The van der Waals surface area contributed by atoms with E-state index < -0.39 is 0 Å². The molecule has 0 unspecified atom stereocenters. The predicted octanol–water partition coefficient (Wildman–Crippen LogP) is 3.12. The fourth-order valence-electron chi connectivity index (χ4n) is 1.66. The van der Waals surface area contributed by atoms with Gasteiger partial charge in [0.2, 0.25) is 0 Å². The number of rotatable bonds is 3. The first-order chi connectivity index (χ1) is 8.70.